The maximum absolute atomic E-state index is 6.98. The van der Waals surface area contributed by atoms with Crippen LogP contribution in [0.2, 0.25) is 0 Å². The van der Waals surface area contributed by atoms with Crippen molar-refractivity contribution in [2.75, 3.05) is 0 Å². The van der Waals surface area contributed by atoms with Crippen LogP contribution in [-0.2, 0) is 0 Å². The van der Waals surface area contributed by atoms with Crippen LogP contribution in [-0.4, -0.2) is 16.0 Å². The van der Waals surface area contributed by atoms with E-state index in [1.807, 2.05) is 0 Å². The molecular formula is C60H35BN2O3. The molecular weight excluding hydrogens is 807 g/mol. The lowest BCUT2D eigenvalue weighted by atomic mass is 9.50. The molecule has 0 radical (unpaired) electrons. The van der Waals surface area contributed by atoms with Gasteiger partial charge in [-0.25, -0.2) is 0 Å². The van der Waals surface area contributed by atoms with Gasteiger partial charge in [0.25, 0.3) is 0 Å². The lowest BCUT2D eigenvalue weighted by molar-refractivity contribution is 0.479. The van der Waals surface area contributed by atoms with Gasteiger partial charge >= 0.3 is 6.92 Å². The second-order valence-corrected chi connectivity index (χ2v) is 17.5. The number of para-hydroxylation sites is 6. The van der Waals surface area contributed by atoms with E-state index in [4.69, 9.17) is 13.8 Å². The smallest absolute Gasteiger partial charge is 0.434 e. The fraction of sp³-hybridized carbons (Fsp3) is 0. The summed E-state index contributed by atoms with van der Waals surface area (Å²) in [6.45, 7) is -0.348. The Hall–Kier alpha value is -8.74. The van der Waals surface area contributed by atoms with Crippen molar-refractivity contribution in [3.8, 4) is 62.0 Å². The van der Waals surface area contributed by atoms with Crippen molar-refractivity contribution in [2.45, 2.75) is 0 Å². The maximum Gasteiger partial charge on any atom is 0.434 e. The standard InChI is InChI=1S/C60H35BN2O3/c1-6-20-49-41(13-1)42-14-2-7-21-50(42)62(49)39-30-27-36(28-31-39)37-29-32-55-48(34-37)61-59-47(45-17-5-10-25-54(45)66-61)33-38(35-57(59)64-55)40-18-12-26-56-58(40)46-19-11-24-53(60(46)65-56)63-51-22-8-3-15-43(51)44-16-4-9-23-52(44)63/h1-35H. The first-order valence-corrected chi connectivity index (χ1v) is 22.5. The molecule has 3 aromatic heterocycles. The summed E-state index contributed by atoms with van der Waals surface area (Å²) in [5.41, 5.74) is 17.1. The van der Waals surface area contributed by atoms with Gasteiger partial charge in [0, 0.05) is 54.5 Å². The average molecular weight is 843 g/mol. The molecule has 0 amide bonds. The first kappa shape index (κ1) is 35.7. The minimum absolute atomic E-state index is 0.348. The number of hydrogen-bond donors (Lipinski definition) is 0. The molecule has 0 saturated heterocycles. The molecule has 0 unspecified atom stereocenters. The quantitative estimate of drug-likeness (QED) is 0.166. The Balaban J connectivity index is 0.854. The molecule has 0 saturated carbocycles. The molecule has 10 aromatic carbocycles. The van der Waals surface area contributed by atoms with E-state index in [1.165, 1.54) is 32.6 Å². The fourth-order valence-electron chi connectivity index (χ4n) is 11.1. The monoisotopic (exact) mass is 842 g/mol. The van der Waals surface area contributed by atoms with Gasteiger partial charge < -0.3 is 22.9 Å². The van der Waals surface area contributed by atoms with Crippen molar-refractivity contribution in [2.24, 2.45) is 0 Å². The SMILES string of the molecule is c1ccc2c(c1)OB1c3cc(-c4ccc(-n5c6ccccc6c6ccccc65)cc4)ccc3Oc3cc(-c4cccc5oc6c(-n7c8ccccc8c8ccccc87)cccc6c45)cc-2c31. The molecule has 6 heteroatoms. The zero-order valence-corrected chi connectivity index (χ0v) is 35.4. The molecule has 306 valence electrons. The fourth-order valence-corrected chi connectivity index (χ4v) is 11.1. The van der Waals surface area contributed by atoms with Crippen molar-refractivity contribution in [1.82, 2.24) is 9.13 Å². The number of rotatable bonds is 4. The molecule has 5 nitrogen and oxygen atoms in total. The van der Waals surface area contributed by atoms with Crippen molar-refractivity contribution in [3.63, 3.8) is 0 Å². The van der Waals surface area contributed by atoms with E-state index in [1.54, 1.807) is 0 Å². The van der Waals surface area contributed by atoms with Gasteiger partial charge in [-0.3, -0.25) is 0 Å². The summed E-state index contributed by atoms with van der Waals surface area (Å²) in [6.07, 6.45) is 0. The highest BCUT2D eigenvalue weighted by Crippen LogP contribution is 2.46. The van der Waals surface area contributed by atoms with E-state index in [9.17, 15) is 0 Å². The van der Waals surface area contributed by atoms with Gasteiger partial charge in [-0.1, -0.05) is 140 Å². The largest absolute Gasteiger partial charge is 0.551 e. The Bertz CT molecular complexity index is 4090. The Morgan fingerprint density at radius 2 is 0.970 bits per heavy atom. The lowest BCUT2D eigenvalue weighted by Gasteiger charge is -2.33. The lowest BCUT2D eigenvalue weighted by Crippen LogP contribution is -2.53. The van der Waals surface area contributed by atoms with Crippen molar-refractivity contribution in [3.05, 3.63) is 212 Å². The number of furan rings is 1. The predicted molar refractivity (Wildman–Crippen MR) is 271 cm³/mol. The van der Waals surface area contributed by atoms with Crippen LogP contribution in [0, 0.1) is 0 Å². The van der Waals surface area contributed by atoms with Crippen LogP contribution in [0.1, 0.15) is 0 Å². The van der Waals surface area contributed by atoms with E-state index in [-0.39, 0.29) is 6.92 Å². The summed E-state index contributed by atoms with van der Waals surface area (Å²) in [5.74, 6) is 2.45. The Morgan fingerprint density at radius 3 is 1.68 bits per heavy atom. The molecule has 0 bridgehead atoms. The van der Waals surface area contributed by atoms with Crippen LogP contribution in [0.3, 0.4) is 0 Å². The van der Waals surface area contributed by atoms with E-state index >= 15 is 0 Å². The first-order chi connectivity index (χ1) is 32.7. The number of ether oxygens (including phenoxy) is 1. The third-order valence-corrected chi connectivity index (χ3v) is 14.0. The normalized spacial score (nSPS) is 12.8. The molecule has 66 heavy (non-hydrogen) atoms. The second kappa shape index (κ2) is 13.4. The molecule has 5 heterocycles. The van der Waals surface area contributed by atoms with Gasteiger partial charge in [-0.15, -0.1) is 0 Å². The van der Waals surface area contributed by atoms with E-state index in [2.05, 4.69) is 221 Å². The number of hydrogen-bond acceptors (Lipinski definition) is 3. The summed E-state index contributed by atoms with van der Waals surface area (Å²) in [5, 5.41) is 7.08. The number of aromatic nitrogens is 2. The minimum atomic E-state index is -0.348. The van der Waals surface area contributed by atoms with Crippen LogP contribution in [0.4, 0.5) is 0 Å². The topological polar surface area (TPSA) is 41.5 Å². The summed E-state index contributed by atoms with van der Waals surface area (Å²) in [6, 6.07) is 75.7. The molecule has 0 aliphatic carbocycles. The average Bonchev–Trinajstić information content (AvgIpc) is 4.04. The number of fused-ring (bicyclic) bond motifs is 13. The van der Waals surface area contributed by atoms with Crippen molar-refractivity contribution >= 4 is 83.4 Å². The predicted octanol–water partition coefficient (Wildman–Crippen LogP) is 14.4. The molecule has 2 aliphatic rings. The summed E-state index contributed by atoms with van der Waals surface area (Å²) < 4.78 is 25.5. The first-order valence-electron chi connectivity index (χ1n) is 22.5. The summed E-state index contributed by atoms with van der Waals surface area (Å²) in [7, 11) is 0. The molecule has 15 rings (SSSR count). The van der Waals surface area contributed by atoms with Crippen LogP contribution < -0.4 is 20.3 Å². The molecule has 0 spiro atoms. The second-order valence-electron chi connectivity index (χ2n) is 17.5. The van der Waals surface area contributed by atoms with Gasteiger partial charge in [-0.2, -0.15) is 0 Å². The van der Waals surface area contributed by atoms with Gasteiger partial charge in [-0.05, 0) is 101 Å². The van der Waals surface area contributed by atoms with Gasteiger partial charge in [0.2, 0.25) is 0 Å². The van der Waals surface area contributed by atoms with Crippen molar-refractivity contribution < 1.29 is 13.8 Å². The van der Waals surface area contributed by atoms with Crippen LogP contribution in [0.15, 0.2) is 217 Å². The molecule has 13 aromatic rings. The highest BCUT2D eigenvalue weighted by Gasteiger charge is 2.41. The third-order valence-electron chi connectivity index (χ3n) is 14.0. The minimum Gasteiger partial charge on any atom is -0.551 e. The maximum atomic E-state index is 6.98. The Morgan fingerprint density at radius 1 is 0.379 bits per heavy atom. The third kappa shape index (κ3) is 4.95. The van der Waals surface area contributed by atoms with E-state index in [0.29, 0.717) is 0 Å². The van der Waals surface area contributed by atoms with E-state index < -0.39 is 0 Å². The molecule has 2 aliphatic heterocycles. The van der Waals surface area contributed by atoms with Gasteiger partial charge in [0.1, 0.15) is 22.8 Å². The van der Waals surface area contributed by atoms with Crippen LogP contribution >= 0.6 is 0 Å². The van der Waals surface area contributed by atoms with Gasteiger partial charge in [0.05, 0.1) is 27.8 Å². The van der Waals surface area contributed by atoms with Crippen LogP contribution in [0.5, 0.6) is 17.2 Å². The number of nitrogens with zero attached hydrogens (tertiary/aromatic N) is 2. The number of benzene rings is 10. The highest BCUT2D eigenvalue weighted by atomic mass is 16.5. The van der Waals surface area contributed by atoms with Crippen LogP contribution in [0.25, 0.3) is 110 Å². The molecule has 0 fully saturated rings. The van der Waals surface area contributed by atoms with E-state index in [0.717, 1.165) is 106 Å². The highest BCUT2D eigenvalue weighted by molar-refractivity contribution is 6.84. The zero-order valence-electron chi connectivity index (χ0n) is 35.4. The van der Waals surface area contributed by atoms with Crippen molar-refractivity contribution in [1.29, 1.82) is 0 Å². The molecule has 0 N–H and O–H groups in total. The Kier molecular flexibility index (Phi) is 7.24. The zero-order chi connectivity index (χ0) is 43.0. The van der Waals surface area contributed by atoms with Gasteiger partial charge in [0.15, 0.2) is 5.58 Å². The summed E-state index contributed by atoms with van der Waals surface area (Å²) in [4.78, 5) is 0. The Labute approximate surface area is 379 Å². The molecule has 0 atom stereocenters. The summed E-state index contributed by atoms with van der Waals surface area (Å²) >= 11 is 0.